The van der Waals surface area contributed by atoms with Crippen molar-refractivity contribution in [1.29, 1.82) is 0 Å². The first-order chi connectivity index (χ1) is 50.1. The van der Waals surface area contributed by atoms with E-state index in [9.17, 15) is 29.7 Å². The predicted octanol–water partition coefficient (Wildman–Crippen LogP) is 26.3. The Morgan fingerprint density at radius 1 is 0.314 bits per heavy atom. The molecule has 0 saturated carbocycles. The summed E-state index contributed by atoms with van der Waals surface area (Å²) in [7, 11) is 0. The highest BCUT2D eigenvalue weighted by Crippen LogP contribution is 2.46. The molecule has 0 heterocycles. The maximum atomic E-state index is 15.9. The Labute approximate surface area is 625 Å². The van der Waals surface area contributed by atoms with E-state index >= 15 is 4.79 Å². The highest BCUT2D eigenvalue weighted by Gasteiger charge is 2.64. The number of Topliss-reactive ketones (excluding diaryl/α,β-unsaturated/α-hetero) is 1. The molecule has 0 saturated heterocycles. The van der Waals surface area contributed by atoms with E-state index in [1.807, 2.05) is 6.07 Å². The van der Waals surface area contributed by atoms with Crippen LogP contribution in [0.3, 0.4) is 0 Å². The second kappa shape index (κ2) is 67.2. The average molecular weight is 1420 g/mol. The van der Waals surface area contributed by atoms with Crippen molar-refractivity contribution in [2.45, 2.75) is 430 Å². The number of hydrogen-bond acceptors (Lipinski definition) is 11. The largest absolute Gasteiger partial charge is 0.449 e. The van der Waals surface area contributed by atoms with Crippen LogP contribution in [0.25, 0.3) is 0 Å². The fourth-order valence-electron chi connectivity index (χ4n) is 14.5. The van der Waals surface area contributed by atoms with Gasteiger partial charge in [0.05, 0.1) is 23.3 Å². The molecule has 4 atom stereocenters. The van der Waals surface area contributed by atoms with E-state index in [1.165, 1.54) is 263 Å². The van der Waals surface area contributed by atoms with Crippen LogP contribution in [0, 0.1) is 0 Å². The number of unbranched alkanes of at least 4 members (excludes halogenated alkanes) is 52. The van der Waals surface area contributed by atoms with E-state index < -0.39 is 47.9 Å². The summed E-state index contributed by atoms with van der Waals surface area (Å²) in [5.41, 5.74) is -2.69. The molecule has 0 aliphatic carbocycles. The number of aliphatic hydroxyl groups is 3. The first-order valence-electron chi connectivity index (χ1n) is 43.0. The topological polar surface area (TPSA) is 166 Å². The van der Waals surface area contributed by atoms with Gasteiger partial charge in [-0.25, -0.2) is 24.2 Å². The maximum absolute atomic E-state index is 15.9. The van der Waals surface area contributed by atoms with Gasteiger partial charge in [-0.3, -0.25) is 4.79 Å². The minimum atomic E-state index is -1.93. The molecule has 0 amide bonds. The van der Waals surface area contributed by atoms with Gasteiger partial charge >= 0.3 is 17.9 Å². The summed E-state index contributed by atoms with van der Waals surface area (Å²) in [5.74, 6) is -2.18. The molecule has 3 aromatic carbocycles. The zero-order valence-corrected chi connectivity index (χ0v) is 66.1. The van der Waals surface area contributed by atoms with Crippen LogP contribution in [0.1, 0.15) is 438 Å². The number of benzene rings is 3. The van der Waals surface area contributed by atoms with Crippen molar-refractivity contribution in [2.24, 2.45) is 0 Å². The Morgan fingerprint density at radius 3 is 0.843 bits per heavy atom. The Bertz CT molecular complexity index is 2300. The highest BCUT2D eigenvalue weighted by atomic mass is 17.2. The Balaban J connectivity index is 0.00000168. The average Bonchev–Trinajstić information content (AvgIpc) is 0.734. The zero-order chi connectivity index (χ0) is 73.8. The van der Waals surface area contributed by atoms with E-state index in [1.54, 1.807) is 84.9 Å². The monoisotopic (exact) mass is 1420 g/mol. The molecule has 0 aliphatic heterocycles. The second-order valence-electron chi connectivity index (χ2n) is 30.0. The molecule has 11 heteroatoms. The van der Waals surface area contributed by atoms with E-state index in [4.69, 9.17) is 9.47 Å². The summed E-state index contributed by atoms with van der Waals surface area (Å²) in [5, 5.41) is 35.3. The molecule has 3 rings (SSSR count). The Hall–Kier alpha value is -4.42. The number of carbonyl (C=O) groups excluding carboxylic acids is 4. The number of aliphatic hydroxyl groups excluding tert-OH is 3. The van der Waals surface area contributed by atoms with Crippen LogP contribution in [-0.4, -0.2) is 75.6 Å². The highest BCUT2D eigenvalue weighted by molar-refractivity contribution is 5.93. The molecule has 102 heavy (non-hydrogen) atoms. The van der Waals surface area contributed by atoms with Gasteiger partial charge in [-0.1, -0.05) is 416 Å². The SMILES string of the molecule is CCCCCCCCCCCCCCCCO[C@@](CCCCCCCCCCCCCCCC)(C(=O)CCCCCCCCCCCCCCCC)[C@@](CCCCCCCCCCCCCCCC)(OC(=O)c1ccccc1)[C@H](O)[C@H](O)CO.O=C(OOC(=O)c1ccccc1)c1ccccc1. The molecule has 584 valence electrons. The molecule has 0 aromatic heterocycles. The van der Waals surface area contributed by atoms with E-state index in [0.29, 0.717) is 42.6 Å². The van der Waals surface area contributed by atoms with Crippen LogP contribution in [0.4, 0.5) is 0 Å². The third-order valence-electron chi connectivity index (χ3n) is 21.0. The molecule has 0 spiro atoms. The third kappa shape index (κ3) is 45.8. The molecule has 0 fully saturated rings. The van der Waals surface area contributed by atoms with Crippen molar-refractivity contribution in [3.63, 3.8) is 0 Å². The van der Waals surface area contributed by atoms with Crippen LogP contribution >= 0.6 is 0 Å². The van der Waals surface area contributed by atoms with Gasteiger partial charge in [0, 0.05) is 13.0 Å². The Kier molecular flexibility index (Phi) is 61.7. The smallest absolute Gasteiger partial charge is 0.386 e. The fourth-order valence-corrected chi connectivity index (χ4v) is 14.5. The lowest BCUT2D eigenvalue weighted by Gasteiger charge is -2.51. The summed E-state index contributed by atoms with van der Waals surface area (Å²) in [4.78, 5) is 62.5. The summed E-state index contributed by atoms with van der Waals surface area (Å²) in [6, 6.07) is 25.5. The molecule has 11 nitrogen and oxygen atoms in total. The van der Waals surface area contributed by atoms with Crippen LogP contribution in [0.5, 0.6) is 0 Å². The number of esters is 1. The minimum Gasteiger partial charge on any atom is -0.449 e. The number of ketones is 1. The van der Waals surface area contributed by atoms with Crippen molar-refractivity contribution in [2.75, 3.05) is 13.2 Å². The summed E-state index contributed by atoms with van der Waals surface area (Å²) >= 11 is 0. The van der Waals surface area contributed by atoms with Crippen molar-refractivity contribution in [3.8, 4) is 0 Å². The molecular formula is C91H154O11. The maximum Gasteiger partial charge on any atom is 0.386 e. The third-order valence-corrected chi connectivity index (χ3v) is 21.0. The van der Waals surface area contributed by atoms with Crippen LogP contribution in [-0.2, 0) is 24.0 Å². The van der Waals surface area contributed by atoms with E-state index in [0.717, 1.165) is 77.0 Å². The number of hydrogen-bond donors (Lipinski definition) is 3. The fraction of sp³-hybridized carbons (Fsp3) is 0.758. The van der Waals surface area contributed by atoms with Gasteiger partial charge in [-0.15, -0.1) is 0 Å². The van der Waals surface area contributed by atoms with Gasteiger partial charge < -0.3 is 24.8 Å². The zero-order valence-electron chi connectivity index (χ0n) is 66.1. The molecule has 0 aliphatic rings. The first kappa shape index (κ1) is 93.7. The molecule has 0 bridgehead atoms. The Morgan fingerprint density at radius 2 is 0.559 bits per heavy atom. The summed E-state index contributed by atoms with van der Waals surface area (Å²) in [6.45, 7) is 8.68. The van der Waals surface area contributed by atoms with Gasteiger partial charge in [0.2, 0.25) is 0 Å². The number of ether oxygens (including phenoxy) is 2. The van der Waals surface area contributed by atoms with Gasteiger partial charge in [0.25, 0.3) is 0 Å². The lowest BCUT2D eigenvalue weighted by atomic mass is 9.67. The summed E-state index contributed by atoms with van der Waals surface area (Å²) < 4.78 is 14.2. The van der Waals surface area contributed by atoms with Gasteiger partial charge in [0.1, 0.15) is 12.2 Å². The van der Waals surface area contributed by atoms with E-state index in [2.05, 4.69) is 37.5 Å². The predicted molar refractivity (Wildman–Crippen MR) is 426 cm³/mol. The first-order valence-corrected chi connectivity index (χ1v) is 43.0. The van der Waals surface area contributed by atoms with Gasteiger partial charge in [0.15, 0.2) is 17.0 Å². The van der Waals surface area contributed by atoms with Crippen LogP contribution < -0.4 is 0 Å². The minimum absolute atomic E-state index is 0.128. The lowest BCUT2D eigenvalue weighted by molar-refractivity contribution is -0.243. The second-order valence-corrected chi connectivity index (χ2v) is 30.0. The molecule has 0 radical (unpaired) electrons. The quantitative estimate of drug-likeness (QED) is 0.0213. The lowest BCUT2D eigenvalue weighted by Crippen LogP contribution is -2.70. The molecule has 3 N–H and O–H groups in total. The van der Waals surface area contributed by atoms with Gasteiger partial charge in [-0.2, -0.15) is 0 Å². The standard InChI is InChI=1S/C77H144O7.C14H10O4/c1-5-9-13-17-21-25-29-33-37-41-45-49-53-60-66-73(80)76(67-61-54-50-46-42-38-34-30-26-22-18-14-10-6-2,83-69-63-56-52-48-44-40-36-32-28-24-20-16-12-8-4)77(74(81)72(79)70-78,84-75(82)71-64-58-57-59-65-71)68-62-55-51-47-43-39-35-31-27-23-19-15-11-7-3;15-13(11-7-3-1-4-8-11)17-18-14(16)12-9-5-2-6-10-12/h57-59,64-65,72,74,78-79,81H,5-56,60-63,66-70H2,1-4H3;1-10H/t72-,74-,76+,77+;/m1./s1. The number of carbonyl (C=O) groups is 4. The van der Waals surface area contributed by atoms with Crippen molar-refractivity contribution >= 4 is 23.7 Å². The van der Waals surface area contributed by atoms with E-state index in [-0.39, 0.29) is 25.0 Å². The van der Waals surface area contributed by atoms with Crippen molar-refractivity contribution in [3.05, 3.63) is 108 Å². The van der Waals surface area contributed by atoms with Gasteiger partial charge in [-0.05, 0) is 74.9 Å². The van der Waals surface area contributed by atoms with Crippen LogP contribution in [0.15, 0.2) is 91.0 Å². The number of rotatable bonds is 70. The van der Waals surface area contributed by atoms with Crippen molar-refractivity contribution < 1.29 is 53.7 Å². The molecular weight excluding hydrogens is 1270 g/mol. The van der Waals surface area contributed by atoms with Crippen LogP contribution in [0.2, 0.25) is 0 Å². The van der Waals surface area contributed by atoms with Crippen molar-refractivity contribution in [1.82, 2.24) is 0 Å². The molecule has 3 aromatic rings. The normalized spacial score (nSPS) is 13.2. The molecule has 0 unspecified atom stereocenters. The summed E-state index contributed by atoms with van der Waals surface area (Å²) in [6.07, 6.45) is 65.1.